The number of amides is 3. The maximum Gasteiger partial charge on any atom is 0.446 e. The summed E-state index contributed by atoms with van der Waals surface area (Å²) < 4.78 is 6.84. The van der Waals surface area contributed by atoms with E-state index in [1.165, 1.54) is 17.8 Å². The van der Waals surface area contributed by atoms with Crippen molar-refractivity contribution in [3.63, 3.8) is 0 Å². The highest BCUT2D eigenvalue weighted by Gasteiger charge is 2.49. The van der Waals surface area contributed by atoms with Crippen LogP contribution in [-0.4, -0.2) is 53.7 Å². The van der Waals surface area contributed by atoms with Crippen molar-refractivity contribution in [3.05, 3.63) is 11.8 Å². The van der Waals surface area contributed by atoms with Crippen molar-refractivity contribution in [1.82, 2.24) is 4.90 Å². The molecule has 0 saturated heterocycles. The van der Waals surface area contributed by atoms with Crippen LogP contribution < -0.4 is 0 Å². The molecule has 2 aliphatic heterocycles. The minimum atomic E-state index is -0.748. The summed E-state index contributed by atoms with van der Waals surface area (Å²) in [7, 11) is 1.53. The second-order valence-corrected chi connectivity index (χ2v) is 4.41. The minimum Gasteiger partial charge on any atom is -0.496 e. The van der Waals surface area contributed by atoms with E-state index in [4.69, 9.17) is 10.00 Å². The van der Waals surface area contributed by atoms with Crippen LogP contribution in [0.5, 0.6) is 0 Å². The largest absolute Gasteiger partial charge is 0.496 e. The molecule has 0 aromatic rings. The van der Waals surface area contributed by atoms with Gasteiger partial charge in [0.1, 0.15) is 18.0 Å². The second-order valence-electron chi connectivity index (χ2n) is 4.41. The van der Waals surface area contributed by atoms with Crippen LogP contribution in [0.15, 0.2) is 16.8 Å². The van der Waals surface area contributed by atoms with Gasteiger partial charge in [-0.15, -0.1) is 4.99 Å². The SMILES string of the molecule is CCCOC1=CC=NC2=[N+](C)C(=O)N(CC#N)C(=O)C12. The topological polar surface area (TPSA) is 85.8 Å². The average molecular weight is 275 g/mol. The zero-order valence-electron chi connectivity index (χ0n) is 11.4. The van der Waals surface area contributed by atoms with Gasteiger partial charge in [0.2, 0.25) is 0 Å². The van der Waals surface area contributed by atoms with E-state index in [1.807, 2.05) is 13.0 Å². The van der Waals surface area contributed by atoms with Gasteiger partial charge < -0.3 is 4.74 Å². The summed E-state index contributed by atoms with van der Waals surface area (Å²) in [6, 6.07) is 1.28. The van der Waals surface area contributed by atoms with Crippen molar-refractivity contribution in [3.8, 4) is 6.07 Å². The number of carbonyl (C=O) groups excluding carboxylic acids is 2. The second kappa shape index (κ2) is 5.65. The van der Waals surface area contributed by atoms with Crippen molar-refractivity contribution >= 4 is 24.0 Å². The molecular formula is C13H15N4O3+. The molecule has 0 radical (unpaired) electrons. The first-order chi connectivity index (χ1) is 9.61. The number of urea groups is 1. The highest BCUT2D eigenvalue weighted by Crippen LogP contribution is 2.24. The first-order valence-corrected chi connectivity index (χ1v) is 6.31. The zero-order chi connectivity index (χ0) is 14.7. The molecule has 2 aliphatic rings. The van der Waals surface area contributed by atoms with Crippen LogP contribution in [0.1, 0.15) is 13.3 Å². The van der Waals surface area contributed by atoms with Gasteiger partial charge in [-0.1, -0.05) is 6.92 Å². The van der Waals surface area contributed by atoms with Crippen LogP contribution in [0.2, 0.25) is 0 Å². The van der Waals surface area contributed by atoms with E-state index >= 15 is 0 Å². The summed E-state index contributed by atoms with van der Waals surface area (Å²) in [4.78, 5) is 29.4. The van der Waals surface area contributed by atoms with Crippen LogP contribution in [0, 0.1) is 17.2 Å². The van der Waals surface area contributed by atoms with Gasteiger partial charge in [-0.2, -0.15) is 14.7 Å². The molecule has 0 saturated carbocycles. The highest BCUT2D eigenvalue weighted by atomic mass is 16.5. The smallest absolute Gasteiger partial charge is 0.446 e. The first-order valence-electron chi connectivity index (χ1n) is 6.31. The zero-order valence-corrected chi connectivity index (χ0v) is 11.4. The van der Waals surface area contributed by atoms with Gasteiger partial charge in [0.15, 0.2) is 12.5 Å². The van der Waals surface area contributed by atoms with Gasteiger partial charge in [0.05, 0.1) is 13.7 Å². The molecule has 3 amide bonds. The lowest BCUT2D eigenvalue weighted by atomic mass is 9.99. The van der Waals surface area contributed by atoms with Gasteiger partial charge >= 0.3 is 11.9 Å². The van der Waals surface area contributed by atoms with Crippen molar-refractivity contribution in [2.45, 2.75) is 13.3 Å². The molecule has 0 aromatic heterocycles. The molecule has 0 spiro atoms. The Labute approximate surface area is 116 Å². The van der Waals surface area contributed by atoms with E-state index in [9.17, 15) is 9.59 Å². The predicted molar refractivity (Wildman–Crippen MR) is 70.2 cm³/mol. The molecule has 7 heteroatoms. The number of ether oxygens (including phenoxy) is 1. The lowest BCUT2D eigenvalue weighted by molar-refractivity contribution is -0.408. The Hall–Kier alpha value is -2.49. The third-order valence-corrected chi connectivity index (χ3v) is 3.06. The molecule has 1 unspecified atom stereocenters. The molecule has 0 aliphatic carbocycles. The molecule has 20 heavy (non-hydrogen) atoms. The van der Waals surface area contributed by atoms with Crippen LogP contribution in [0.4, 0.5) is 4.79 Å². The molecule has 1 atom stereocenters. The highest BCUT2D eigenvalue weighted by molar-refractivity contribution is 6.15. The van der Waals surface area contributed by atoms with Crippen LogP contribution >= 0.6 is 0 Å². The summed E-state index contributed by atoms with van der Waals surface area (Å²) in [5.74, 6) is -0.418. The maximum atomic E-state index is 12.4. The quantitative estimate of drug-likeness (QED) is 0.553. The Balaban J connectivity index is 2.41. The number of fused-ring (bicyclic) bond motifs is 1. The molecule has 104 valence electrons. The van der Waals surface area contributed by atoms with E-state index in [-0.39, 0.29) is 6.54 Å². The third kappa shape index (κ3) is 2.20. The number of carbonyl (C=O) groups is 2. The van der Waals surface area contributed by atoms with E-state index in [1.54, 1.807) is 6.08 Å². The normalized spacial score (nSPS) is 21.6. The molecule has 0 aromatic carbocycles. The Morgan fingerprint density at radius 2 is 2.30 bits per heavy atom. The molecule has 0 fully saturated rings. The number of nitrogens with zero attached hydrogens (tertiary/aromatic N) is 4. The molecule has 7 nitrogen and oxygen atoms in total. The number of nitriles is 1. The first kappa shape index (κ1) is 13.9. The van der Waals surface area contributed by atoms with Crippen molar-refractivity contribution in [2.24, 2.45) is 10.9 Å². The molecule has 2 heterocycles. The van der Waals surface area contributed by atoms with E-state index in [0.29, 0.717) is 18.2 Å². The predicted octanol–water partition coefficient (Wildman–Crippen LogP) is 0.524. The number of allylic oxidation sites excluding steroid dienone is 1. The fourth-order valence-electron chi connectivity index (χ4n) is 2.09. The molecule has 0 bridgehead atoms. The Morgan fingerprint density at radius 3 is 2.95 bits per heavy atom. The summed E-state index contributed by atoms with van der Waals surface area (Å²) in [6.45, 7) is 2.16. The number of hydrogen-bond donors (Lipinski definition) is 0. The monoisotopic (exact) mass is 275 g/mol. The summed E-state index contributed by atoms with van der Waals surface area (Å²) in [5.41, 5.74) is 0. The number of amidine groups is 1. The van der Waals surface area contributed by atoms with Gasteiger partial charge in [0.25, 0.3) is 5.84 Å². The Kier molecular flexibility index (Phi) is 3.94. The Bertz CT molecular complexity index is 583. The summed E-state index contributed by atoms with van der Waals surface area (Å²) >= 11 is 0. The van der Waals surface area contributed by atoms with Crippen LogP contribution in [0.3, 0.4) is 0 Å². The van der Waals surface area contributed by atoms with Crippen molar-refractivity contribution in [1.29, 1.82) is 5.26 Å². The van der Waals surface area contributed by atoms with Gasteiger partial charge in [-0.25, -0.2) is 4.79 Å². The third-order valence-electron chi connectivity index (χ3n) is 3.06. The summed E-state index contributed by atoms with van der Waals surface area (Å²) in [6.07, 6.45) is 3.94. The standard InChI is InChI=1S/C13H15N4O3/c1-3-8-20-9-4-6-15-11-10(9)12(18)17(7-5-14)13(19)16(11)2/h4,6,10H,3,7-8H2,1-2H3/q+1. The number of aliphatic imine (C=N–C) groups is 1. The number of imide groups is 1. The van der Waals surface area contributed by atoms with Gasteiger partial charge in [-0.3, -0.25) is 4.79 Å². The fourth-order valence-corrected chi connectivity index (χ4v) is 2.09. The Morgan fingerprint density at radius 1 is 1.55 bits per heavy atom. The van der Waals surface area contributed by atoms with Gasteiger partial charge in [-0.05, 0) is 6.42 Å². The van der Waals surface area contributed by atoms with E-state index < -0.39 is 17.9 Å². The minimum absolute atomic E-state index is 0.281. The number of dihydropyridines is 1. The molecular weight excluding hydrogens is 260 g/mol. The van der Waals surface area contributed by atoms with Crippen LogP contribution in [-0.2, 0) is 9.53 Å². The van der Waals surface area contributed by atoms with Gasteiger partial charge in [0, 0.05) is 6.08 Å². The lowest BCUT2D eigenvalue weighted by Crippen LogP contribution is -2.54. The van der Waals surface area contributed by atoms with E-state index in [2.05, 4.69) is 4.99 Å². The molecule has 0 N–H and O–H groups in total. The molecule has 2 rings (SSSR count). The number of hydrogen-bond acceptors (Lipinski definition) is 5. The van der Waals surface area contributed by atoms with E-state index in [0.717, 1.165) is 11.3 Å². The average Bonchev–Trinajstić information content (AvgIpc) is 2.46. The van der Waals surface area contributed by atoms with Crippen molar-refractivity contribution < 1.29 is 18.9 Å². The lowest BCUT2D eigenvalue weighted by Gasteiger charge is -2.27. The maximum absolute atomic E-state index is 12.4. The number of rotatable bonds is 4. The fraction of sp³-hybridized carbons (Fsp3) is 0.462. The van der Waals surface area contributed by atoms with Crippen LogP contribution in [0.25, 0.3) is 0 Å². The summed E-state index contributed by atoms with van der Waals surface area (Å²) in [5, 5.41) is 8.75. The van der Waals surface area contributed by atoms with Crippen molar-refractivity contribution in [2.75, 3.05) is 20.2 Å².